The van der Waals surface area contributed by atoms with Gasteiger partial charge >= 0.3 is 6.18 Å². The van der Waals surface area contributed by atoms with Gasteiger partial charge in [-0.1, -0.05) is 13.8 Å². The van der Waals surface area contributed by atoms with Crippen molar-refractivity contribution >= 4 is 17.4 Å². The van der Waals surface area contributed by atoms with Gasteiger partial charge in [0.25, 0.3) is 0 Å². The van der Waals surface area contributed by atoms with E-state index < -0.39 is 11.7 Å². The van der Waals surface area contributed by atoms with Gasteiger partial charge < -0.3 is 5.32 Å². The molecule has 1 heterocycles. The molecule has 1 atom stereocenters. The lowest BCUT2D eigenvalue weighted by Crippen LogP contribution is -2.19. The summed E-state index contributed by atoms with van der Waals surface area (Å²) in [4.78, 5) is 3.71. The molecule has 6 heteroatoms. The molecule has 0 aromatic carbocycles. The number of alkyl halides is 4. The van der Waals surface area contributed by atoms with Gasteiger partial charge in [-0.2, -0.15) is 13.2 Å². The Labute approximate surface area is 110 Å². The molecular formula is C12H16ClF3N2. The van der Waals surface area contributed by atoms with Crippen LogP contribution in [0.3, 0.4) is 0 Å². The smallest absolute Gasteiger partial charge is 0.368 e. The summed E-state index contributed by atoms with van der Waals surface area (Å²) in [6.07, 6.45) is -2.34. The van der Waals surface area contributed by atoms with Gasteiger partial charge in [0.15, 0.2) is 0 Å². The molecule has 0 aliphatic heterocycles. The molecule has 18 heavy (non-hydrogen) atoms. The van der Waals surface area contributed by atoms with Crippen molar-refractivity contribution in [1.82, 2.24) is 4.98 Å². The zero-order valence-corrected chi connectivity index (χ0v) is 11.0. The van der Waals surface area contributed by atoms with Gasteiger partial charge in [0.05, 0.1) is 10.9 Å². The molecule has 0 radical (unpaired) electrons. The number of nitrogens with one attached hydrogen (secondary N) is 1. The first-order chi connectivity index (χ1) is 8.30. The van der Waals surface area contributed by atoms with Gasteiger partial charge in [0.1, 0.15) is 5.82 Å². The number of pyridine rings is 1. The van der Waals surface area contributed by atoms with Gasteiger partial charge in [0, 0.05) is 12.7 Å². The molecule has 102 valence electrons. The van der Waals surface area contributed by atoms with E-state index in [1.807, 2.05) is 13.8 Å². The molecule has 0 fully saturated rings. The third-order valence-electron chi connectivity index (χ3n) is 2.33. The minimum Gasteiger partial charge on any atom is -0.368 e. The Kier molecular flexibility index (Phi) is 5.26. The van der Waals surface area contributed by atoms with Crippen molar-refractivity contribution < 1.29 is 13.2 Å². The molecule has 2 nitrogen and oxygen atoms in total. The Bertz CT molecular complexity index is 380. The summed E-state index contributed by atoms with van der Waals surface area (Å²) in [7, 11) is 0. The number of halogens is 4. The molecule has 1 rings (SSSR count). The molecule has 1 N–H and O–H groups in total. The molecule has 0 bridgehead atoms. The Balaban J connectivity index is 2.68. The molecule has 0 aliphatic carbocycles. The molecule has 0 spiro atoms. The molecule has 0 saturated carbocycles. The van der Waals surface area contributed by atoms with Crippen molar-refractivity contribution in [3.8, 4) is 0 Å². The molecule has 0 amide bonds. The topological polar surface area (TPSA) is 24.9 Å². The van der Waals surface area contributed by atoms with Crippen LogP contribution in [0.5, 0.6) is 0 Å². The van der Waals surface area contributed by atoms with Crippen LogP contribution >= 0.6 is 11.6 Å². The molecule has 1 aromatic rings. The van der Waals surface area contributed by atoms with E-state index in [9.17, 15) is 13.2 Å². The Morgan fingerprint density at radius 2 is 2.06 bits per heavy atom. The van der Waals surface area contributed by atoms with E-state index >= 15 is 0 Å². The van der Waals surface area contributed by atoms with Crippen LogP contribution in [-0.2, 0) is 6.18 Å². The molecule has 1 unspecified atom stereocenters. The van der Waals surface area contributed by atoms with E-state index in [1.54, 1.807) is 0 Å². The number of aromatic nitrogens is 1. The fourth-order valence-electron chi connectivity index (χ4n) is 1.58. The predicted octanol–water partition coefficient (Wildman–Crippen LogP) is 4.17. The van der Waals surface area contributed by atoms with Crippen LogP contribution in [0, 0.1) is 5.92 Å². The SMILES string of the molecule is CC(C)CC(Cl)CNc1ncccc1C(F)(F)F. The van der Waals surface area contributed by atoms with E-state index in [4.69, 9.17) is 11.6 Å². The van der Waals surface area contributed by atoms with Gasteiger partial charge in [-0.15, -0.1) is 11.6 Å². The van der Waals surface area contributed by atoms with Crippen LogP contribution in [-0.4, -0.2) is 16.9 Å². The van der Waals surface area contributed by atoms with Crippen molar-refractivity contribution in [3.05, 3.63) is 23.9 Å². The average Bonchev–Trinajstić information content (AvgIpc) is 2.24. The maximum Gasteiger partial charge on any atom is 0.419 e. The number of rotatable bonds is 5. The summed E-state index contributed by atoms with van der Waals surface area (Å²) in [5.41, 5.74) is -0.765. The second-order valence-electron chi connectivity index (χ2n) is 4.51. The third kappa shape index (κ3) is 4.72. The quantitative estimate of drug-likeness (QED) is 0.819. The molecule has 1 aromatic heterocycles. The monoisotopic (exact) mass is 280 g/mol. The van der Waals surface area contributed by atoms with Gasteiger partial charge in [-0.05, 0) is 24.5 Å². The summed E-state index contributed by atoms with van der Waals surface area (Å²) in [6, 6.07) is 2.27. The predicted molar refractivity (Wildman–Crippen MR) is 66.8 cm³/mol. The van der Waals surface area contributed by atoms with Crippen molar-refractivity contribution in [2.45, 2.75) is 31.8 Å². The van der Waals surface area contributed by atoms with Gasteiger partial charge in [0.2, 0.25) is 0 Å². The summed E-state index contributed by atoms with van der Waals surface area (Å²) < 4.78 is 38.0. The van der Waals surface area contributed by atoms with Crippen LogP contribution in [0.15, 0.2) is 18.3 Å². The second kappa shape index (κ2) is 6.27. The Morgan fingerprint density at radius 1 is 1.39 bits per heavy atom. The number of nitrogens with zero attached hydrogens (tertiary/aromatic N) is 1. The fraction of sp³-hybridized carbons (Fsp3) is 0.583. The summed E-state index contributed by atoms with van der Waals surface area (Å²) >= 11 is 6.02. The van der Waals surface area contributed by atoms with E-state index in [-0.39, 0.29) is 17.7 Å². The standard InChI is InChI=1S/C12H16ClF3N2/c1-8(2)6-9(13)7-18-11-10(12(14,15)16)4-3-5-17-11/h3-5,8-9H,6-7H2,1-2H3,(H,17,18). The molecular weight excluding hydrogens is 265 g/mol. The average molecular weight is 281 g/mol. The van der Waals surface area contributed by atoms with Crippen molar-refractivity contribution in [1.29, 1.82) is 0 Å². The van der Waals surface area contributed by atoms with Crippen LogP contribution < -0.4 is 5.32 Å². The highest BCUT2D eigenvalue weighted by Crippen LogP contribution is 2.33. The van der Waals surface area contributed by atoms with E-state index in [0.29, 0.717) is 5.92 Å². The summed E-state index contributed by atoms with van der Waals surface area (Å²) in [6.45, 7) is 4.29. The minimum atomic E-state index is -4.41. The van der Waals surface area contributed by atoms with Crippen LogP contribution in [0.4, 0.5) is 19.0 Å². The number of hydrogen-bond acceptors (Lipinski definition) is 2. The first-order valence-corrected chi connectivity index (χ1v) is 6.14. The lowest BCUT2D eigenvalue weighted by Gasteiger charge is -2.16. The Morgan fingerprint density at radius 3 is 2.61 bits per heavy atom. The first-order valence-electron chi connectivity index (χ1n) is 5.71. The highest BCUT2D eigenvalue weighted by atomic mass is 35.5. The van der Waals surface area contributed by atoms with Crippen molar-refractivity contribution in [3.63, 3.8) is 0 Å². The van der Waals surface area contributed by atoms with Gasteiger partial charge in [-0.3, -0.25) is 0 Å². The van der Waals surface area contributed by atoms with Crippen LogP contribution in [0.2, 0.25) is 0 Å². The van der Waals surface area contributed by atoms with Crippen molar-refractivity contribution in [2.24, 2.45) is 5.92 Å². The lowest BCUT2D eigenvalue weighted by molar-refractivity contribution is -0.137. The minimum absolute atomic E-state index is 0.167. The van der Waals surface area contributed by atoms with Crippen molar-refractivity contribution in [2.75, 3.05) is 11.9 Å². The summed E-state index contributed by atoms with van der Waals surface area (Å²) in [5.74, 6) is 0.236. The largest absolute Gasteiger partial charge is 0.419 e. The van der Waals surface area contributed by atoms with E-state index in [1.165, 1.54) is 12.3 Å². The zero-order chi connectivity index (χ0) is 13.8. The zero-order valence-electron chi connectivity index (χ0n) is 10.3. The highest BCUT2D eigenvalue weighted by molar-refractivity contribution is 6.20. The van der Waals surface area contributed by atoms with E-state index in [0.717, 1.165) is 12.5 Å². The van der Waals surface area contributed by atoms with E-state index in [2.05, 4.69) is 10.3 Å². The van der Waals surface area contributed by atoms with Crippen LogP contribution in [0.25, 0.3) is 0 Å². The molecule has 0 saturated heterocycles. The second-order valence-corrected chi connectivity index (χ2v) is 5.12. The highest BCUT2D eigenvalue weighted by Gasteiger charge is 2.34. The number of anilines is 1. The fourth-order valence-corrected chi connectivity index (χ4v) is 2.01. The Hall–Kier alpha value is -0.970. The maximum absolute atomic E-state index is 12.7. The maximum atomic E-state index is 12.7. The van der Waals surface area contributed by atoms with Crippen LogP contribution in [0.1, 0.15) is 25.8 Å². The third-order valence-corrected chi connectivity index (χ3v) is 2.66. The number of hydrogen-bond donors (Lipinski definition) is 1. The van der Waals surface area contributed by atoms with Gasteiger partial charge in [-0.25, -0.2) is 4.98 Å². The summed E-state index contributed by atoms with van der Waals surface area (Å²) in [5, 5.41) is 2.45. The first kappa shape index (κ1) is 15.1. The lowest BCUT2D eigenvalue weighted by atomic mass is 10.1. The normalized spacial score (nSPS) is 13.7. The molecule has 0 aliphatic rings.